The number of aromatic nitrogens is 3. The zero-order valence-corrected chi connectivity index (χ0v) is 18.6. The molecular formula is C25H26N4O3. The van der Waals surface area contributed by atoms with Crippen molar-refractivity contribution in [3.05, 3.63) is 71.8 Å². The van der Waals surface area contributed by atoms with Crippen LogP contribution >= 0.6 is 0 Å². The van der Waals surface area contributed by atoms with Gasteiger partial charge in [-0.1, -0.05) is 6.07 Å². The van der Waals surface area contributed by atoms with Gasteiger partial charge < -0.3 is 14.8 Å². The van der Waals surface area contributed by atoms with Gasteiger partial charge in [0.1, 0.15) is 22.5 Å². The van der Waals surface area contributed by atoms with Crippen LogP contribution in [0, 0.1) is 6.92 Å². The van der Waals surface area contributed by atoms with Gasteiger partial charge in [0.15, 0.2) is 0 Å². The van der Waals surface area contributed by atoms with Crippen molar-refractivity contribution in [3.63, 3.8) is 0 Å². The van der Waals surface area contributed by atoms with E-state index in [-0.39, 0.29) is 12.0 Å². The Balaban J connectivity index is 1.57. The fourth-order valence-electron chi connectivity index (χ4n) is 3.34. The molecule has 7 heteroatoms. The normalized spacial score (nSPS) is 11.0. The molecule has 4 rings (SSSR count). The Morgan fingerprint density at radius 3 is 2.41 bits per heavy atom. The number of aryl methyl sites for hydroxylation is 1. The highest BCUT2D eigenvalue weighted by molar-refractivity contribution is 6.05. The molecule has 32 heavy (non-hydrogen) atoms. The Kier molecular flexibility index (Phi) is 6.07. The molecule has 1 amide bonds. The standard InChI is InChI=1S/C25H26N4O3/c1-5-31-20-11-9-19(10-12-20)29-27-23-13-17(4)22(15-24(23)28-29)26-25(30)18-7-6-8-21(14-18)32-16(2)3/h6-16H,5H2,1-4H3,(H,26,30). The molecule has 0 saturated heterocycles. The molecule has 0 saturated carbocycles. The second-order valence-electron chi connectivity index (χ2n) is 7.72. The van der Waals surface area contributed by atoms with Crippen molar-refractivity contribution in [2.24, 2.45) is 0 Å². The summed E-state index contributed by atoms with van der Waals surface area (Å²) in [5, 5.41) is 12.1. The van der Waals surface area contributed by atoms with Crippen molar-refractivity contribution in [1.29, 1.82) is 0 Å². The molecule has 0 bridgehead atoms. The Morgan fingerprint density at radius 1 is 1.00 bits per heavy atom. The van der Waals surface area contributed by atoms with E-state index in [2.05, 4.69) is 15.5 Å². The highest BCUT2D eigenvalue weighted by Gasteiger charge is 2.13. The quantitative estimate of drug-likeness (QED) is 0.438. The van der Waals surface area contributed by atoms with Crippen LogP contribution in [0.2, 0.25) is 0 Å². The number of amides is 1. The van der Waals surface area contributed by atoms with E-state index < -0.39 is 0 Å². The van der Waals surface area contributed by atoms with Gasteiger partial charge in [-0.25, -0.2) is 0 Å². The molecule has 1 aromatic heterocycles. The topological polar surface area (TPSA) is 78.3 Å². The number of benzene rings is 3. The maximum Gasteiger partial charge on any atom is 0.255 e. The highest BCUT2D eigenvalue weighted by Crippen LogP contribution is 2.24. The van der Waals surface area contributed by atoms with E-state index in [0.29, 0.717) is 29.1 Å². The highest BCUT2D eigenvalue weighted by atomic mass is 16.5. The van der Waals surface area contributed by atoms with Gasteiger partial charge in [0.25, 0.3) is 5.91 Å². The Morgan fingerprint density at radius 2 is 1.72 bits per heavy atom. The average Bonchev–Trinajstić information content (AvgIpc) is 3.17. The first kappa shape index (κ1) is 21.4. The molecule has 7 nitrogen and oxygen atoms in total. The van der Waals surface area contributed by atoms with E-state index >= 15 is 0 Å². The largest absolute Gasteiger partial charge is 0.494 e. The zero-order chi connectivity index (χ0) is 22.7. The predicted molar refractivity (Wildman–Crippen MR) is 125 cm³/mol. The van der Waals surface area contributed by atoms with Crippen molar-refractivity contribution >= 4 is 22.6 Å². The third-order valence-corrected chi connectivity index (χ3v) is 4.82. The summed E-state index contributed by atoms with van der Waals surface area (Å²) in [4.78, 5) is 14.4. The van der Waals surface area contributed by atoms with Crippen molar-refractivity contribution in [2.45, 2.75) is 33.8 Å². The molecule has 0 aliphatic heterocycles. The number of carbonyl (C=O) groups is 1. The molecule has 0 spiro atoms. The van der Waals surface area contributed by atoms with Crippen LogP contribution in [-0.2, 0) is 0 Å². The van der Waals surface area contributed by atoms with Gasteiger partial charge in [-0.3, -0.25) is 4.79 Å². The first-order chi connectivity index (χ1) is 15.4. The molecule has 0 fully saturated rings. The number of hydrogen-bond donors (Lipinski definition) is 1. The number of anilines is 1. The SMILES string of the molecule is CCOc1ccc(-n2nc3cc(C)c(NC(=O)c4cccc(OC(C)C)c4)cc3n2)cc1. The minimum absolute atomic E-state index is 0.0379. The summed E-state index contributed by atoms with van der Waals surface area (Å²) in [7, 11) is 0. The van der Waals surface area contributed by atoms with E-state index in [4.69, 9.17) is 9.47 Å². The monoisotopic (exact) mass is 430 g/mol. The van der Waals surface area contributed by atoms with Crippen LogP contribution in [-0.4, -0.2) is 33.6 Å². The lowest BCUT2D eigenvalue weighted by Crippen LogP contribution is -2.13. The van der Waals surface area contributed by atoms with Crippen LogP contribution in [0.4, 0.5) is 5.69 Å². The van der Waals surface area contributed by atoms with Crippen LogP contribution < -0.4 is 14.8 Å². The van der Waals surface area contributed by atoms with Crippen molar-refractivity contribution in [2.75, 3.05) is 11.9 Å². The maximum atomic E-state index is 12.8. The first-order valence-electron chi connectivity index (χ1n) is 10.6. The Labute approximate surface area is 187 Å². The van der Waals surface area contributed by atoms with Crippen LogP contribution in [0.1, 0.15) is 36.7 Å². The fraction of sp³-hybridized carbons (Fsp3) is 0.240. The molecule has 4 aromatic rings. The number of ether oxygens (including phenoxy) is 2. The van der Waals surface area contributed by atoms with Crippen molar-refractivity contribution in [3.8, 4) is 17.2 Å². The zero-order valence-electron chi connectivity index (χ0n) is 18.6. The number of nitrogens with zero attached hydrogens (tertiary/aromatic N) is 3. The molecule has 1 N–H and O–H groups in total. The molecular weight excluding hydrogens is 404 g/mol. The van der Waals surface area contributed by atoms with Gasteiger partial charge in [0.05, 0.1) is 18.4 Å². The second-order valence-corrected chi connectivity index (χ2v) is 7.72. The van der Waals surface area contributed by atoms with Gasteiger partial charge in [-0.2, -0.15) is 4.80 Å². The van der Waals surface area contributed by atoms with Crippen molar-refractivity contribution < 1.29 is 14.3 Å². The van der Waals surface area contributed by atoms with Crippen LogP contribution in [0.25, 0.3) is 16.7 Å². The average molecular weight is 431 g/mol. The molecule has 0 radical (unpaired) electrons. The van der Waals surface area contributed by atoms with Crippen molar-refractivity contribution in [1.82, 2.24) is 15.0 Å². The minimum Gasteiger partial charge on any atom is -0.494 e. The van der Waals surface area contributed by atoms with Crippen LogP contribution in [0.15, 0.2) is 60.7 Å². The molecule has 164 valence electrons. The van der Waals surface area contributed by atoms with Gasteiger partial charge in [-0.15, -0.1) is 10.2 Å². The fourth-order valence-corrected chi connectivity index (χ4v) is 3.34. The first-order valence-corrected chi connectivity index (χ1v) is 10.6. The lowest BCUT2D eigenvalue weighted by atomic mass is 10.1. The summed E-state index contributed by atoms with van der Waals surface area (Å²) in [5.74, 6) is 1.26. The maximum absolute atomic E-state index is 12.8. The van der Waals surface area contributed by atoms with E-state index in [1.807, 2.05) is 76.2 Å². The predicted octanol–water partition coefficient (Wildman–Crippen LogP) is 5.17. The smallest absolute Gasteiger partial charge is 0.255 e. The molecule has 0 aliphatic carbocycles. The Hall–Kier alpha value is -3.87. The lowest BCUT2D eigenvalue weighted by Gasteiger charge is -2.12. The van der Waals surface area contributed by atoms with E-state index in [9.17, 15) is 4.79 Å². The van der Waals surface area contributed by atoms with E-state index in [0.717, 1.165) is 22.5 Å². The summed E-state index contributed by atoms with van der Waals surface area (Å²) in [6, 6.07) is 18.5. The number of rotatable bonds is 7. The summed E-state index contributed by atoms with van der Waals surface area (Å²) < 4.78 is 11.2. The van der Waals surface area contributed by atoms with Crippen LogP contribution in [0.5, 0.6) is 11.5 Å². The third kappa shape index (κ3) is 4.72. The van der Waals surface area contributed by atoms with E-state index in [1.165, 1.54) is 0 Å². The number of hydrogen-bond acceptors (Lipinski definition) is 5. The summed E-state index contributed by atoms with van der Waals surface area (Å²) >= 11 is 0. The van der Waals surface area contributed by atoms with E-state index in [1.54, 1.807) is 16.9 Å². The molecule has 0 atom stereocenters. The summed E-state index contributed by atoms with van der Waals surface area (Å²) in [6.45, 7) is 8.40. The second kappa shape index (κ2) is 9.09. The summed E-state index contributed by atoms with van der Waals surface area (Å²) in [6.07, 6.45) is 0.0379. The molecule has 0 aliphatic rings. The number of carbonyl (C=O) groups excluding carboxylic acids is 1. The van der Waals surface area contributed by atoms with Gasteiger partial charge in [-0.05, 0) is 87.9 Å². The number of fused-ring (bicyclic) bond motifs is 1. The van der Waals surface area contributed by atoms with Gasteiger partial charge in [0, 0.05) is 11.3 Å². The lowest BCUT2D eigenvalue weighted by molar-refractivity contribution is 0.102. The third-order valence-electron chi connectivity index (χ3n) is 4.82. The minimum atomic E-state index is -0.208. The molecule has 1 heterocycles. The molecule has 0 unspecified atom stereocenters. The molecule has 3 aromatic carbocycles. The number of nitrogens with one attached hydrogen (secondary N) is 1. The Bertz CT molecular complexity index is 1250. The van der Waals surface area contributed by atoms with Crippen LogP contribution in [0.3, 0.4) is 0 Å². The van der Waals surface area contributed by atoms with Gasteiger partial charge in [0.2, 0.25) is 0 Å². The van der Waals surface area contributed by atoms with Gasteiger partial charge >= 0.3 is 0 Å². The summed E-state index contributed by atoms with van der Waals surface area (Å²) in [5.41, 5.74) is 4.39.